The van der Waals surface area contributed by atoms with E-state index in [0.717, 1.165) is 24.9 Å². The van der Waals surface area contributed by atoms with Crippen LogP contribution in [0.1, 0.15) is 38.7 Å². The molecule has 0 bridgehead atoms. The van der Waals surface area contributed by atoms with E-state index in [1.165, 1.54) is 0 Å². The number of nitrogens with one attached hydrogen (secondary N) is 3. The van der Waals surface area contributed by atoms with Gasteiger partial charge in [0.25, 0.3) is 0 Å². The summed E-state index contributed by atoms with van der Waals surface area (Å²) < 4.78 is 0. The second kappa shape index (κ2) is 10.1. The first-order valence-corrected chi connectivity index (χ1v) is 9.53. The van der Waals surface area contributed by atoms with Crippen LogP contribution < -0.4 is 16.0 Å². The first-order valence-electron chi connectivity index (χ1n) is 9.53. The maximum atomic E-state index is 12.8. The fraction of sp³-hybridized carbons (Fsp3) is 0.550. The van der Waals surface area contributed by atoms with Crippen LogP contribution in [0.25, 0.3) is 0 Å². The van der Waals surface area contributed by atoms with Gasteiger partial charge in [-0.1, -0.05) is 50.6 Å². The molecule has 1 saturated heterocycles. The molecule has 1 aromatic rings. The zero-order chi connectivity index (χ0) is 19.8. The van der Waals surface area contributed by atoms with Crippen molar-refractivity contribution in [3.8, 4) is 0 Å². The Morgan fingerprint density at radius 2 is 1.93 bits per heavy atom. The predicted octanol–water partition coefficient (Wildman–Crippen LogP) is 1.08. The van der Waals surface area contributed by atoms with Gasteiger partial charge in [-0.05, 0) is 30.9 Å². The number of aliphatic carboxylic acids is 1. The van der Waals surface area contributed by atoms with Gasteiger partial charge < -0.3 is 21.1 Å². The quantitative estimate of drug-likeness (QED) is 0.517. The van der Waals surface area contributed by atoms with E-state index < -0.39 is 24.0 Å². The molecule has 2 amide bonds. The Bertz CT molecular complexity index is 644. The van der Waals surface area contributed by atoms with E-state index >= 15 is 0 Å². The monoisotopic (exact) mass is 375 g/mol. The maximum Gasteiger partial charge on any atom is 0.326 e. The lowest BCUT2D eigenvalue weighted by Crippen LogP contribution is -2.56. The summed E-state index contributed by atoms with van der Waals surface area (Å²) in [6, 6.07) is 7.05. The van der Waals surface area contributed by atoms with Crippen LogP contribution in [0.3, 0.4) is 0 Å². The van der Waals surface area contributed by atoms with Crippen LogP contribution in [0.2, 0.25) is 0 Å². The Labute approximate surface area is 159 Å². The summed E-state index contributed by atoms with van der Waals surface area (Å²) in [5.74, 6) is -1.87. The second-order valence-electron chi connectivity index (χ2n) is 7.11. The van der Waals surface area contributed by atoms with Gasteiger partial charge in [0.2, 0.25) is 11.8 Å². The third-order valence-electron chi connectivity index (χ3n) is 5.07. The first kappa shape index (κ1) is 20.9. The molecule has 0 saturated carbocycles. The minimum Gasteiger partial charge on any atom is -0.480 e. The molecule has 1 aromatic carbocycles. The van der Waals surface area contributed by atoms with Gasteiger partial charge >= 0.3 is 5.97 Å². The van der Waals surface area contributed by atoms with Crippen molar-refractivity contribution in [3.63, 3.8) is 0 Å². The van der Waals surface area contributed by atoms with Crippen molar-refractivity contribution in [1.82, 2.24) is 16.0 Å². The highest BCUT2D eigenvalue weighted by Crippen LogP contribution is 2.12. The van der Waals surface area contributed by atoms with Crippen LogP contribution in [0.15, 0.2) is 30.3 Å². The minimum absolute atomic E-state index is 0.110. The topological polar surface area (TPSA) is 108 Å². The van der Waals surface area contributed by atoms with Crippen LogP contribution in [-0.2, 0) is 20.8 Å². The highest BCUT2D eigenvalue weighted by atomic mass is 16.4. The Morgan fingerprint density at radius 3 is 2.48 bits per heavy atom. The number of carboxylic acids is 1. The lowest BCUT2D eigenvalue weighted by atomic mass is 9.97. The standard InChI is InChI=1S/C20H29N3O4/c1-3-13(2)17(23-18(24)15-10-7-11-21-15)19(25)22-16(20(26)27)12-14-8-5-4-6-9-14/h4-6,8-9,13,15-17,21H,3,7,10-12H2,1-2H3,(H,22,25)(H,23,24)(H,26,27). The first-order chi connectivity index (χ1) is 12.9. The molecule has 1 aliphatic rings. The molecule has 0 spiro atoms. The van der Waals surface area contributed by atoms with E-state index in [2.05, 4.69) is 16.0 Å². The van der Waals surface area contributed by atoms with Crippen LogP contribution >= 0.6 is 0 Å². The van der Waals surface area contributed by atoms with E-state index in [4.69, 9.17) is 0 Å². The van der Waals surface area contributed by atoms with E-state index in [1.54, 1.807) is 0 Å². The highest BCUT2D eigenvalue weighted by Gasteiger charge is 2.32. The van der Waals surface area contributed by atoms with Crippen LogP contribution in [-0.4, -0.2) is 47.6 Å². The summed E-state index contributed by atoms with van der Waals surface area (Å²) in [7, 11) is 0. The molecule has 7 nitrogen and oxygen atoms in total. The fourth-order valence-electron chi connectivity index (χ4n) is 3.18. The Kier molecular flexibility index (Phi) is 7.79. The molecule has 4 atom stereocenters. The third-order valence-corrected chi connectivity index (χ3v) is 5.07. The van der Waals surface area contributed by atoms with Crippen molar-refractivity contribution in [1.29, 1.82) is 0 Å². The molecule has 27 heavy (non-hydrogen) atoms. The number of hydrogen-bond donors (Lipinski definition) is 4. The van der Waals surface area contributed by atoms with Gasteiger partial charge in [-0.15, -0.1) is 0 Å². The molecule has 2 rings (SSSR count). The zero-order valence-corrected chi connectivity index (χ0v) is 15.9. The van der Waals surface area contributed by atoms with Crippen LogP contribution in [0.4, 0.5) is 0 Å². The fourth-order valence-corrected chi connectivity index (χ4v) is 3.18. The number of rotatable bonds is 9. The summed E-state index contributed by atoms with van der Waals surface area (Å²) in [5.41, 5.74) is 0.824. The molecule has 4 N–H and O–H groups in total. The lowest BCUT2D eigenvalue weighted by molar-refractivity contribution is -0.142. The lowest BCUT2D eigenvalue weighted by Gasteiger charge is -2.26. The molecule has 0 aliphatic carbocycles. The molecule has 1 aliphatic heterocycles. The van der Waals surface area contributed by atoms with Gasteiger partial charge in [-0.3, -0.25) is 9.59 Å². The van der Waals surface area contributed by atoms with Crippen LogP contribution in [0, 0.1) is 5.92 Å². The molecule has 0 radical (unpaired) electrons. The number of carboxylic acid groups (broad SMARTS) is 1. The van der Waals surface area contributed by atoms with Gasteiger partial charge in [0.05, 0.1) is 6.04 Å². The molecule has 1 heterocycles. The number of amides is 2. The number of carbonyl (C=O) groups excluding carboxylic acids is 2. The zero-order valence-electron chi connectivity index (χ0n) is 15.9. The van der Waals surface area contributed by atoms with Crippen molar-refractivity contribution in [2.24, 2.45) is 5.92 Å². The van der Waals surface area contributed by atoms with Crippen molar-refractivity contribution in [3.05, 3.63) is 35.9 Å². The third kappa shape index (κ3) is 6.06. The summed E-state index contributed by atoms with van der Waals surface area (Å²) in [6.45, 7) is 4.60. The normalized spacial score (nSPS) is 19.7. The Morgan fingerprint density at radius 1 is 1.22 bits per heavy atom. The number of hydrogen-bond acceptors (Lipinski definition) is 4. The summed E-state index contributed by atoms with van der Waals surface area (Å²) in [6.07, 6.45) is 2.54. The van der Waals surface area contributed by atoms with E-state index in [9.17, 15) is 19.5 Å². The molecule has 7 heteroatoms. The maximum absolute atomic E-state index is 12.8. The van der Waals surface area contributed by atoms with Crippen LogP contribution in [0.5, 0.6) is 0 Å². The minimum atomic E-state index is -1.10. The predicted molar refractivity (Wildman–Crippen MR) is 102 cm³/mol. The second-order valence-corrected chi connectivity index (χ2v) is 7.11. The van der Waals surface area contributed by atoms with E-state index in [1.807, 2.05) is 44.2 Å². The average Bonchev–Trinajstić information content (AvgIpc) is 3.20. The average molecular weight is 375 g/mol. The molecule has 1 fully saturated rings. The Hall–Kier alpha value is -2.41. The molecule has 148 valence electrons. The van der Waals surface area contributed by atoms with Crippen molar-refractivity contribution in [2.75, 3.05) is 6.54 Å². The van der Waals surface area contributed by atoms with Gasteiger partial charge in [0.1, 0.15) is 12.1 Å². The van der Waals surface area contributed by atoms with Gasteiger partial charge in [0, 0.05) is 6.42 Å². The van der Waals surface area contributed by atoms with Crippen molar-refractivity contribution >= 4 is 17.8 Å². The highest BCUT2D eigenvalue weighted by molar-refractivity contribution is 5.92. The largest absolute Gasteiger partial charge is 0.480 e. The molecule has 0 aromatic heterocycles. The Balaban J connectivity index is 2.05. The van der Waals surface area contributed by atoms with Crippen molar-refractivity contribution < 1.29 is 19.5 Å². The SMILES string of the molecule is CCC(C)C(NC(=O)C1CCCN1)C(=O)NC(Cc1ccccc1)C(=O)O. The van der Waals surface area contributed by atoms with Gasteiger partial charge in [0.15, 0.2) is 0 Å². The van der Waals surface area contributed by atoms with Gasteiger partial charge in [-0.25, -0.2) is 4.79 Å². The summed E-state index contributed by atoms with van der Waals surface area (Å²) in [4.78, 5) is 36.8. The molecular formula is C20H29N3O4. The van der Waals surface area contributed by atoms with E-state index in [0.29, 0.717) is 6.42 Å². The molecule has 4 unspecified atom stereocenters. The van der Waals surface area contributed by atoms with Gasteiger partial charge in [-0.2, -0.15) is 0 Å². The summed E-state index contributed by atoms with van der Waals surface area (Å²) in [5, 5.41) is 18.0. The van der Waals surface area contributed by atoms with E-state index in [-0.39, 0.29) is 24.3 Å². The molecular weight excluding hydrogens is 346 g/mol. The summed E-state index contributed by atoms with van der Waals surface area (Å²) >= 11 is 0. The number of carbonyl (C=O) groups is 3. The smallest absolute Gasteiger partial charge is 0.326 e. The van der Waals surface area contributed by atoms with Crippen molar-refractivity contribution in [2.45, 2.75) is 57.7 Å². The number of benzene rings is 1.